The Labute approximate surface area is 93.5 Å². The lowest BCUT2D eigenvalue weighted by molar-refractivity contribution is -0.422. The lowest BCUT2D eigenvalue weighted by atomic mass is 10.1. The molecular formula is C10H7F4NO2. The standard InChI is InChI=1S/C10H7F4NO2/c1-6(15(16)17)2-7-3-8(10(12,13)14)5-9(11)4-7/h2-5H,1H3/b6-2-. The molecule has 0 bridgehead atoms. The van der Waals surface area contributed by atoms with Gasteiger partial charge in [0.15, 0.2) is 0 Å². The average molecular weight is 249 g/mol. The first-order chi connectivity index (χ1) is 7.70. The number of nitro groups is 1. The van der Waals surface area contributed by atoms with Gasteiger partial charge in [0.25, 0.3) is 0 Å². The third-order valence-electron chi connectivity index (χ3n) is 1.91. The number of benzene rings is 1. The fraction of sp³-hybridized carbons (Fsp3) is 0.200. The molecule has 1 aromatic carbocycles. The summed E-state index contributed by atoms with van der Waals surface area (Å²) in [6.07, 6.45) is -3.81. The largest absolute Gasteiger partial charge is 0.416 e. The molecule has 1 rings (SSSR count). The van der Waals surface area contributed by atoms with E-state index in [1.165, 1.54) is 0 Å². The van der Waals surface area contributed by atoms with Crippen LogP contribution in [0.1, 0.15) is 18.1 Å². The van der Waals surface area contributed by atoms with E-state index in [1.807, 2.05) is 0 Å². The van der Waals surface area contributed by atoms with Crippen LogP contribution in [0.2, 0.25) is 0 Å². The van der Waals surface area contributed by atoms with E-state index in [2.05, 4.69) is 0 Å². The fourth-order valence-electron chi connectivity index (χ4n) is 1.15. The number of hydrogen-bond acceptors (Lipinski definition) is 2. The van der Waals surface area contributed by atoms with Crippen molar-refractivity contribution < 1.29 is 22.5 Å². The van der Waals surface area contributed by atoms with Crippen LogP contribution in [0.15, 0.2) is 23.9 Å². The first-order valence-electron chi connectivity index (χ1n) is 4.40. The minimum atomic E-state index is -4.69. The van der Waals surface area contributed by atoms with Crippen molar-refractivity contribution in [3.8, 4) is 0 Å². The highest BCUT2D eigenvalue weighted by Crippen LogP contribution is 2.30. The molecule has 0 saturated carbocycles. The fourth-order valence-corrected chi connectivity index (χ4v) is 1.15. The number of alkyl halides is 3. The molecule has 0 amide bonds. The van der Waals surface area contributed by atoms with Crippen LogP contribution in [0.5, 0.6) is 0 Å². The summed E-state index contributed by atoms with van der Waals surface area (Å²) in [5.41, 5.74) is -1.75. The molecular weight excluding hydrogens is 242 g/mol. The Hall–Kier alpha value is -1.92. The normalized spacial score (nSPS) is 12.6. The van der Waals surface area contributed by atoms with Crippen molar-refractivity contribution in [2.24, 2.45) is 0 Å². The van der Waals surface area contributed by atoms with Crippen LogP contribution in [0.25, 0.3) is 6.08 Å². The SMILES string of the molecule is C/C(=C/c1cc(F)cc(C(F)(F)F)c1)[N+](=O)[O-]. The summed E-state index contributed by atoms with van der Waals surface area (Å²) in [7, 11) is 0. The molecule has 0 N–H and O–H groups in total. The van der Waals surface area contributed by atoms with E-state index in [9.17, 15) is 27.7 Å². The summed E-state index contributed by atoms with van der Waals surface area (Å²) >= 11 is 0. The molecule has 1 aromatic rings. The Morgan fingerprint density at radius 3 is 2.41 bits per heavy atom. The predicted octanol–water partition coefficient (Wildman–Crippen LogP) is 3.48. The van der Waals surface area contributed by atoms with Gasteiger partial charge in [0.1, 0.15) is 5.82 Å². The van der Waals surface area contributed by atoms with E-state index < -0.39 is 22.5 Å². The van der Waals surface area contributed by atoms with E-state index in [4.69, 9.17) is 0 Å². The van der Waals surface area contributed by atoms with E-state index >= 15 is 0 Å². The van der Waals surface area contributed by atoms with Crippen LogP contribution in [0, 0.1) is 15.9 Å². The Balaban J connectivity index is 3.24. The highest BCUT2D eigenvalue weighted by molar-refractivity contribution is 5.52. The molecule has 7 heteroatoms. The van der Waals surface area contributed by atoms with Gasteiger partial charge in [-0.05, 0) is 23.8 Å². The molecule has 0 fully saturated rings. The van der Waals surface area contributed by atoms with E-state index in [1.54, 1.807) is 0 Å². The van der Waals surface area contributed by atoms with Gasteiger partial charge in [0.05, 0.1) is 10.5 Å². The van der Waals surface area contributed by atoms with Gasteiger partial charge >= 0.3 is 6.18 Å². The minimum Gasteiger partial charge on any atom is -0.259 e. The van der Waals surface area contributed by atoms with Crippen molar-refractivity contribution in [3.05, 3.63) is 51.0 Å². The molecule has 17 heavy (non-hydrogen) atoms. The van der Waals surface area contributed by atoms with Crippen LogP contribution in [0.4, 0.5) is 17.6 Å². The smallest absolute Gasteiger partial charge is 0.259 e. The zero-order chi connectivity index (χ0) is 13.2. The maximum absolute atomic E-state index is 12.9. The molecule has 92 valence electrons. The van der Waals surface area contributed by atoms with E-state index in [0.717, 1.165) is 19.1 Å². The van der Waals surface area contributed by atoms with Gasteiger partial charge in [-0.15, -0.1) is 0 Å². The third kappa shape index (κ3) is 3.54. The molecule has 0 aliphatic heterocycles. The van der Waals surface area contributed by atoms with E-state index in [0.29, 0.717) is 12.1 Å². The maximum Gasteiger partial charge on any atom is 0.416 e. The summed E-state index contributed by atoms with van der Waals surface area (Å²) < 4.78 is 49.9. The maximum atomic E-state index is 12.9. The molecule has 0 aromatic heterocycles. The number of rotatable bonds is 2. The highest BCUT2D eigenvalue weighted by atomic mass is 19.4. The Morgan fingerprint density at radius 2 is 1.94 bits per heavy atom. The van der Waals surface area contributed by atoms with Gasteiger partial charge in [-0.25, -0.2) is 4.39 Å². The summed E-state index contributed by atoms with van der Waals surface area (Å²) in [5.74, 6) is -1.10. The van der Waals surface area contributed by atoms with Crippen LogP contribution in [-0.4, -0.2) is 4.92 Å². The lowest BCUT2D eigenvalue weighted by Gasteiger charge is -2.07. The van der Waals surface area contributed by atoms with Gasteiger partial charge in [-0.3, -0.25) is 10.1 Å². The van der Waals surface area contributed by atoms with Crippen molar-refractivity contribution >= 4 is 6.08 Å². The van der Waals surface area contributed by atoms with Gasteiger partial charge in [-0.2, -0.15) is 13.2 Å². The van der Waals surface area contributed by atoms with Crippen LogP contribution >= 0.6 is 0 Å². The first kappa shape index (κ1) is 13.1. The molecule has 3 nitrogen and oxygen atoms in total. The number of hydrogen-bond donors (Lipinski definition) is 0. The second kappa shape index (κ2) is 4.52. The summed E-state index contributed by atoms with van der Waals surface area (Å²) in [6, 6.07) is 1.77. The van der Waals surface area contributed by atoms with Gasteiger partial charge in [-0.1, -0.05) is 0 Å². The summed E-state index contributed by atoms with van der Waals surface area (Å²) in [4.78, 5) is 9.53. The van der Waals surface area contributed by atoms with Crippen LogP contribution in [-0.2, 0) is 6.18 Å². The molecule has 0 saturated heterocycles. The molecule has 0 atom stereocenters. The van der Waals surface area contributed by atoms with Gasteiger partial charge in [0, 0.05) is 13.0 Å². The van der Waals surface area contributed by atoms with Gasteiger partial charge < -0.3 is 0 Å². The van der Waals surface area contributed by atoms with Crippen molar-refractivity contribution in [1.82, 2.24) is 0 Å². The number of nitrogens with zero attached hydrogens (tertiary/aromatic N) is 1. The van der Waals surface area contributed by atoms with Crippen molar-refractivity contribution in [2.45, 2.75) is 13.1 Å². The third-order valence-corrected chi connectivity index (χ3v) is 1.91. The summed E-state index contributed by atoms with van der Waals surface area (Å²) in [6.45, 7) is 1.11. The van der Waals surface area contributed by atoms with Crippen molar-refractivity contribution in [3.63, 3.8) is 0 Å². The second-order valence-corrected chi connectivity index (χ2v) is 3.31. The van der Waals surface area contributed by atoms with Crippen molar-refractivity contribution in [2.75, 3.05) is 0 Å². The molecule has 0 aliphatic carbocycles. The molecule has 0 aliphatic rings. The zero-order valence-corrected chi connectivity index (χ0v) is 8.58. The topological polar surface area (TPSA) is 43.1 Å². The zero-order valence-electron chi connectivity index (χ0n) is 8.58. The minimum absolute atomic E-state index is 0.202. The highest BCUT2D eigenvalue weighted by Gasteiger charge is 2.31. The van der Waals surface area contributed by atoms with Crippen molar-refractivity contribution in [1.29, 1.82) is 0 Å². The average Bonchev–Trinajstić information content (AvgIpc) is 2.15. The summed E-state index contributed by atoms with van der Waals surface area (Å²) in [5, 5.41) is 10.3. The van der Waals surface area contributed by atoms with Crippen LogP contribution < -0.4 is 0 Å². The predicted molar refractivity (Wildman–Crippen MR) is 52.0 cm³/mol. The Bertz CT molecular complexity index is 480. The lowest BCUT2D eigenvalue weighted by Crippen LogP contribution is -2.05. The van der Waals surface area contributed by atoms with E-state index in [-0.39, 0.29) is 11.3 Å². The van der Waals surface area contributed by atoms with Gasteiger partial charge in [0.2, 0.25) is 5.70 Å². The Kier molecular flexibility index (Phi) is 3.50. The quantitative estimate of drug-likeness (QED) is 0.457. The first-order valence-corrected chi connectivity index (χ1v) is 4.40. The molecule has 0 radical (unpaired) electrons. The number of allylic oxidation sites excluding steroid dienone is 1. The number of halogens is 4. The molecule has 0 spiro atoms. The van der Waals surface area contributed by atoms with Crippen LogP contribution in [0.3, 0.4) is 0 Å². The second-order valence-electron chi connectivity index (χ2n) is 3.31. The molecule has 0 unspecified atom stereocenters. The molecule has 0 heterocycles. The monoisotopic (exact) mass is 249 g/mol. The Morgan fingerprint density at radius 1 is 1.35 bits per heavy atom.